The maximum atomic E-state index is 5.33. The van der Waals surface area contributed by atoms with E-state index in [4.69, 9.17) is 9.47 Å². The second-order valence-corrected chi connectivity index (χ2v) is 3.18. The first-order chi connectivity index (χ1) is 6.43. The molecule has 1 heterocycles. The minimum absolute atomic E-state index is 0.383. The van der Waals surface area contributed by atoms with E-state index < -0.39 is 0 Å². The molecule has 0 radical (unpaired) electrons. The highest BCUT2D eigenvalue weighted by atomic mass is 16.6. The van der Waals surface area contributed by atoms with Gasteiger partial charge in [0.25, 0.3) is 0 Å². The molecule has 0 aliphatic carbocycles. The van der Waals surface area contributed by atoms with E-state index in [9.17, 15) is 0 Å². The molecule has 74 valence electrons. The third-order valence-corrected chi connectivity index (χ3v) is 1.87. The summed E-state index contributed by atoms with van der Waals surface area (Å²) in [7, 11) is 0. The molecule has 0 amide bonds. The van der Waals surface area contributed by atoms with Gasteiger partial charge in [-0.15, -0.1) is 6.58 Å². The van der Waals surface area contributed by atoms with Crippen LogP contribution in [0.4, 0.5) is 0 Å². The fourth-order valence-electron chi connectivity index (χ4n) is 0.998. The summed E-state index contributed by atoms with van der Waals surface area (Å²) in [5.74, 6) is 0. The lowest BCUT2D eigenvalue weighted by molar-refractivity contribution is 0.141. The lowest BCUT2D eigenvalue weighted by Gasteiger charge is -1.95. The van der Waals surface area contributed by atoms with Gasteiger partial charge >= 0.3 is 0 Å². The maximum Gasteiger partial charge on any atom is 0.104 e. The van der Waals surface area contributed by atoms with Gasteiger partial charge in [0.1, 0.15) is 6.10 Å². The summed E-state index contributed by atoms with van der Waals surface area (Å²) in [6.45, 7) is 6.01. The smallest absolute Gasteiger partial charge is 0.104 e. The number of rotatable bonds is 8. The van der Waals surface area contributed by atoms with Crippen LogP contribution in [-0.2, 0) is 9.47 Å². The first-order valence-electron chi connectivity index (χ1n) is 4.88. The summed E-state index contributed by atoms with van der Waals surface area (Å²) in [4.78, 5) is 0. The molecule has 0 aromatic carbocycles. The SMILES string of the molecule is C=CCCCC=CCOCC1CO1. The molecule has 0 N–H and O–H groups in total. The van der Waals surface area contributed by atoms with Crippen molar-refractivity contribution in [2.24, 2.45) is 0 Å². The number of hydrogen-bond acceptors (Lipinski definition) is 2. The normalized spacial score (nSPS) is 20.8. The van der Waals surface area contributed by atoms with Crippen molar-refractivity contribution >= 4 is 0 Å². The molecule has 1 atom stereocenters. The Bertz CT molecular complexity index is 159. The molecule has 1 unspecified atom stereocenters. The zero-order chi connectivity index (χ0) is 9.36. The van der Waals surface area contributed by atoms with E-state index in [1.54, 1.807) is 0 Å². The van der Waals surface area contributed by atoms with Crippen LogP contribution in [-0.4, -0.2) is 25.9 Å². The summed E-state index contributed by atoms with van der Waals surface area (Å²) in [5.41, 5.74) is 0. The number of allylic oxidation sites excluding steroid dienone is 2. The molecule has 0 aromatic rings. The zero-order valence-corrected chi connectivity index (χ0v) is 8.08. The second kappa shape index (κ2) is 6.87. The summed E-state index contributed by atoms with van der Waals surface area (Å²) < 4.78 is 10.3. The van der Waals surface area contributed by atoms with Crippen LogP contribution in [0.3, 0.4) is 0 Å². The largest absolute Gasteiger partial charge is 0.375 e. The van der Waals surface area contributed by atoms with Crippen molar-refractivity contribution in [2.75, 3.05) is 19.8 Å². The Kier molecular flexibility index (Phi) is 5.54. The molecular formula is C11H18O2. The fraction of sp³-hybridized carbons (Fsp3) is 0.636. The van der Waals surface area contributed by atoms with Gasteiger partial charge < -0.3 is 9.47 Å². The van der Waals surface area contributed by atoms with Gasteiger partial charge in [-0.1, -0.05) is 18.2 Å². The molecule has 1 saturated heterocycles. The minimum Gasteiger partial charge on any atom is -0.375 e. The van der Waals surface area contributed by atoms with Crippen LogP contribution < -0.4 is 0 Å². The molecule has 1 fully saturated rings. The zero-order valence-electron chi connectivity index (χ0n) is 8.08. The average molecular weight is 182 g/mol. The molecule has 13 heavy (non-hydrogen) atoms. The van der Waals surface area contributed by atoms with Crippen LogP contribution in [0.1, 0.15) is 19.3 Å². The summed E-state index contributed by atoms with van der Waals surface area (Å²) in [6, 6.07) is 0. The lowest BCUT2D eigenvalue weighted by Crippen LogP contribution is -2.00. The van der Waals surface area contributed by atoms with Gasteiger partial charge in [0.05, 0.1) is 19.8 Å². The topological polar surface area (TPSA) is 21.8 Å². The molecule has 1 aliphatic rings. The predicted molar refractivity (Wildman–Crippen MR) is 53.7 cm³/mol. The van der Waals surface area contributed by atoms with Crippen molar-refractivity contribution in [1.29, 1.82) is 0 Å². The number of ether oxygens (including phenoxy) is 2. The first-order valence-corrected chi connectivity index (χ1v) is 4.88. The van der Waals surface area contributed by atoms with E-state index in [0.717, 1.165) is 26.1 Å². The van der Waals surface area contributed by atoms with E-state index in [1.807, 2.05) is 6.08 Å². The Morgan fingerprint density at radius 1 is 1.38 bits per heavy atom. The highest BCUT2D eigenvalue weighted by molar-refractivity contribution is 4.82. The van der Waals surface area contributed by atoms with E-state index in [1.165, 1.54) is 6.42 Å². The van der Waals surface area contributed by atoms with Crippen LogP contribution in [0.15, 0.2) is 24.8 Å². The van der Waals surface area contributed by atoms with E-state index in [0.29, 0.717) is 12.7 Å². The number of unbranched alkanes of at least 4 members (excludes halogenated alkanes) is 2. The van der Waals surface area contributed by atoms with Crippen molar-refractivity contribution in [3.8, 4) is 0 Å². The molecule has 0 bridgehead atoms. The third kappa shape index (κ3) is 6.55. The Labute approximate surface area is 80.2 Å². The lowest BCUT2D eigenvalue weighted by atomic mass is 10.2. The van der Waals surface area contributed by atoms with Gasteiger partial charge in [0, 0.05) is 0 Å². The van der Waals surface area contributed by atoms with Crippen molar-refractivity contribution in [3.63, 3.8) is 0 Å². The molecular weight excluding hydrogens is 164 g/mol. The van der Waals surface area contributed by atoms with Crippen molar-refractivity contribution in [2.45, 2.75) is 25.4 Å². The van der Waals surface area contributed by atoms with E-state index in [2.05, 4.69) is 18.7 Å². The standard InChI is InChI=1S/C11H18O2/c1-2-3-4-5-6-7-8-12-9-11-10-13-11/h2,6-7,11H,1,3-5,8-10H2. The van der Waals surface area contributed by atoms with Crippen LogP contribution in [0.2, 0.25) is 0 Å². The van der Waals surface area contributed by atoms with Crippen LogP contribution in [0, 0.1) is 0 Å². The van der Waals surface area contributed by atoms with Gasteiger partial charge in [-0.25, -0.2) is 0 Å². The quantitative estimate of drug-likeness (QED) is 0.326. The van der Waals surface area contributed by atoms with Crippen LogP contribution in [0.25, 0.3) is 0 Å². The van der Waals surface area contributed by atoms with E-state index in [-0.39, 0.29) is 0 Å². The summed E-state index contributed by atoms with van der Waals surface area (Å²) in [6.07, 6.45) is 9.98. The highest BCUT2D eigenvalue weighted by Gasteiger charge is 2.21. The molecule has 2 heteroatoms. The molecule has 0 saturated carbocycles. The van der Waals surface area contributed by atoms with Gasteiger partial charge in [-0.3, -0.25) is 0 Å². The molecule has 0 spiro atoms. The Morgan fingerprint density at radius 2 is 2.23 bits per heavy atom. The second-order valence-electron chi connectivity index (χ2n) is 3.18. The van der Waals surface area contributed by atoms with E-state index >= 15 is 0 Å². The third-order valence-electron chi connectivity index (χ3n) is 1.87. The highest BCUT2D eigenvalue weighted by Crippen LogP contribution is 2.08. The summed E-state index contributed by atoms with van der Waals surface area (Å²) in [5, 5.41) is 0. The van der Waals surface area contributed by atoms with Crippen molar-refractivity contribution in [1.82, 2.24) is 0 Å². The van der Waals surface area contributed by atoms with Crippen LogP contribution in [0.5, 0.6) is 0 Å². The average Bonchev–Trinajstić information content (AvgIpc) is 2.93. The van der Waals surface area contributed by atoms with Crippen molar-refractivity contribution < 1.29 is 9.47 Å². The molecule has 1 rings (SSSR count). The number of epoxide rings is 1. The number of hydrogen-bond donors (Lipinski definition) is 0. The van der Waals surface area contributed by atoms with Gasteiger partial charge in [0.15, 0.2) is 0 Å². The Morgan fingerprint density at radius 3 is 2.92 bits per heavy atom. The van der Waals surface area contributed by atoms with Crippen molar-refractivity contribution in [3.05, 3.63) is 24.8 Å². The van der Waals surface area contributed by atoms with Gasteiger partial charge in [-0.05, 0) is 19.3 Å². The fourth-order valence-corrected chi connectivity index (χ4v) is 0.998. The van der Waals surface area contributed by atoms with Crippen LogP contribution >= 0.6 is 0 Å². The predicted octanol–water partition coefficient (Wildman–Crippen LogP) is 2.31. The van der Waals surface area contributed by atoms with Gasteiger partial charge in [0.2, 0.25) is 0 Å². The minimum atomic E-state index is 0.383. The first kappa shape index (κ1) is 10.5. The maximum absolute atomic E-state index is 5.33. The molecule has 2 nitrogen and oxygen atoms in total. The van der Waals surface area contributed by atoms with Gasteiger partial charge in [-0.2, -0.15) is 0 Å². The molecule has 1 aliphatic heterocycles. The Balaban J connectivity index is 1.77. The molecule has 0 aromatic heterocycles. The Hall–Kier alpha value is -0.600. The summed E-state index contributed by atoms with van der Waals surface area (Å²) >= 11 is 0. The monoisotopic (exact) mass is 182 g/mol.